The largest absolute Gasteiger partial charge is 0.0993 e. The first-order valence-corrected chi connectivity index (χ1v) is 5.77. The van der Waals surface area contributed by atoms with Crippen LogP contribution in [0.4, 0.5) is 0 Å². The van der Waals surface area contributed by atoms with Gasteiger partial charge in [-0.15, -0.1) is 0 Å². The molecular weight excluding hydrogens is 156 g/mol. The van der Waals surface area contributed by atoms with Crippen LogP contribution in [0, 0.1) is 17.8 Å². The predicted octanol–water partition coefficient (Wildman–Crippen LogP) is 4.66. The molecule has 0 radical (unpaired) electrons. The summed E-state index contributed by atoms with van der Waals surface area (Å²) in [6, 6.07) is 0. The number of allylic oxidation sites excluding steroid dienone is 1. The van der Waals surface area contributed by atoms with Crippen LogP contribution in [0.25, 0.3) is 0 Å². The molecular formula is C13H26. The highest BCUT2D eigenvalue weighted by molar-refractivity contribution is 5.05. The lowest BCUT2D eigenvalue weighted by Gasteiger charge is -2.27. The minimum Gasteiger partial charge on any atom is -0.0993 e. The zero-order valence-corrected chi connectivity index (χ0v) is 10.1. The van der Waals surface area contributed by atoms with E-state index in [-0.39, 0.29) is 0 Å². The smallest absolute Gasteiger partial charge is 0.0180 e. The Balaban J connectivity index is 4.31. The van der Waals surface area contributed by atoms with E-state index in [1.165, 1.54) is 24.8 Å². The average Bonchev–Trinajstić information content (AvgIpc) is 2.17. The van der Waals surface area contributed by atoms with Crippen LogP contribution in [0.1, 0.15) is 53.9 Å². The summed E-state index contributed by atoms with van der Waals surface area (Å²) in [5, 5.41) is 0. The topological polar surface area (TPSA) is 0 Å². The summed E-state index contributed by atoms with van der Waals surface area (Å²) in [6.07, 6.45) is 3.75. The summed E-state index contributed by atoms with van der Waals surface area (Å²) < 4.78 is 0. The van der Waals surface area contributed by atoms with E-state index in [1.807, 2.05) is 0 Å². The van der Waals surface area contributed by atoms with Gasteiger partial charge in [0.25, 0.3) is 0 Å². The van der Waals surface area contributed by atoms with E-state index in [1.54, 1.807) is 0 Å². The van der Waals surface area contributed by atoms with Crippen molar-refractivity contribution < 1.29 is 0 Å². The van der Waals surface area contributed by atoms with E-state index in [0.29, 0.717) is 5.92 Å². The van der Waals surface area contributed by atoms with Crippen molar-refractivity contribution in [1.29, 1.82) is 0 Å². The van der Waals surface area contributed by atoms with Crippen molar-refractivity contribution in [3.63, 3.8) is 0 Å². The zero-order valence-electron chi connectivity index (χ0n) is 10.1. The lowest BCUT2D eigenvalue weighted by Crippen LogP contribution is -2.16. The molecule has 0 rings (SSSR count). The van der Waals surface area contributed by atoms with Gasteiger partial charge in [-0.25, -0.2) is 0 Å². The second kappa shape index (κ2) is 6.23. The van der Waals surface area contributed by atoms with Crippen LogP contribution < -0.4 is 0 Å². The Bertz CT molecular complexity index is 146. The summed E-state index contributed by atoms with van der Waals surface area (Å²) in [7, 11) is 0. The van der Waals surface area contributed by atoms with E-state index in [4.69, 9.17) is 0 Å². The van der Waals surface area contributed by atoms with Crippen molar-refractivity contribution in [1.82, 2.24) is 0 Å². The molecule has 0 N–H and O–H groups in total. The van der Waals surface area contributed by atoms with Gasteiger partial charge in [0.15, 0.2) is 0 Å². The molecule has 0 aliphatic carbocycles. The Morgan fingerprint density at radius 1 is 1.00 bits per heavy atom. The van der Waals surface area contributed by atoms with Gasteiger partial charge in [0.05, 0.1) is 0 Å². The minimum atomic E-state index is 0.693. The monoisotopic (exact) mass is 182 g/mol. The summed E-state index contributed by atoms with van der Waals surface area (Å²) in [5.74, 6) is 2.23. The second-order valence-corrected chi connectivity index (χ2v) is 4.28. The molecule has 0 aromatic carbocycles. The molecule has 0 saturated carbocycles. The Morgan fingerprint density at radius 3 is 1.85 bits per heavy atom. The third-order valence-corrected chi connectivity index (χ3v) is 3.49. The van der Waals surface area contributed by atoms with Crippen molar-refractivity contribution in [2.24, 2.45) is 17.8 Å². The lowest BCUT2D eigenvalue weighted by atomic mass is 9.78. The fraction of sp³-hybridized carbons (Fsp3) is 0.846. The lowest BCUT2D eigenvalue weighted by molar-refractivity contribution is 0.358. The quantitative estimate of drug-likeness (QED) is 0.524. The van der Waals surface area contributed by atoms with Gasteiger partial charge in [0.1, 0.15) is 0 Å². The number of hydrogen-bond acceptors (Lipinski definition) is 0. The molecule has 0 spiro atoms. The van der Waals surface area contributed by atoms with Crippen molar-refractivity contribution in [3.8, 4) is 0 Å². The highest BCUT2D eigenvalue weighted by atomic mass is 14.2. The molecule has 0 heteroatoms. The van der Waals surface area contributed by atoms with Gasteiger partial charge in [-0.2, -0.15) is 0 Å². The van der Waals surface area contributed by atoms with Gasteiger partial charge in [-0.3, -0.25) is 0 Å². The van der Waals surface area contributed by atoms with E-state index in [9.17, 15) is 0 Å². The maximum atomic E-state index is 4.27. The molecule has 0 aromatic rings. The van der Waals surface area contributed by atoms with Crippen LogP contribution in [-0.4, -0.2) is 0 Å². The molecule has 13 heavy (non-hydrogen) atoms. The molecule has 0 aliphatic rings. The molecule has 3 atom stereocenters. The van der Waals surface area contributed by atoms with Gasteiger partial charge < -0.3 is 0 Å². The van der Waals surface area contributed by atoms with Crippen LogP contribution >= 0.6 is 0 Å². The normalized spacial score (nSPS) is 17.9. The first-order valence-electron chi connectivity index (χ1n) is 5.77. The molecule has 78 valence electrons. The fourth-order valence-corrected chi connectivity index (χ4v) is 1.94. The molecule has 0 aromatic heterocycles. The zero-order chi connectivity index (χ0) is 10.4. The third kappa shape index (κ3) is 3.54. The summed E-state index contributed by atoms with van der Waals surface area (Å²) in [6.45, 7) is 15.7. The summed E-state index contributed by atoms with van der Waals surface area (Å²) in [5.41, 5.74) is 1.47. The summed E-state index contributed by atoms with van der Waals surface area (Å²) in [4.78, 5) is 0. The standard InChI is InChI=1S/C13H26/c1-7-10(4)12(6)13(9-3)11(5)8-2/h10-11,13H,6-9H2,1-5H3. The van der Waals surface area contributed by atoms with Gasteiger partial charge in [-0.05, 0) is 30.6 Å². The molecule has 0 nitrogen and oxygen atoms in total. The Kier molecular flexibility index (Phi) is 6.11. The van der Waals surface area contributed by atoms with Crippen molar-refractivity contribution in [2.45, 2.75) is 53.9 Å². The average molecular weight is 182 g/mol. The maximum Gasteiger partial charge on any atom is -0.0180 e. The first kappa shape index (κ1) is 12.7. The maximum absolute atomic E-state index is 4.27. The molecule has 0 fully saturated rings. The summed E-state index contributed by atoms with van der Waals surface area (Å²) >= 11 is 0. The van der Waals surface area contributed by atoms with Crippen molar-refractivity contribution in [2.75, 3.05) is 0 Å². The highest BCUT2D eigenvalue weighted by Crippen LogP contribution is 2.31. The second-order valence-electron chi connectivity index (χ2n) is 4.28. The SMILES string of the molecule is C=C(C(C)CC)C(CC)C(C)CC. The van der Waals surface area contributed by atoms with Gasteiger partial charge in [0.2, 0.25) is 0 Å². The van der Waals surface area contributed by atoms with Gasteiger partial charge in [0, 0.05) is 0 Å². The fourth-order valence-electron chi connectivity index (χ4n) is 1.94. The van der Waals surface area contributed by atoms with E-state index in [0.717, 1.165) is 11.8 Å². The number of hydrogen-bond donors (Lipinski definition) is 0. The van der Waals surface area contributed by atoms with Gasteiger partial charge >= 0.3 is 0 Å². The molecule has 3 unspecified atom stereocenters. The predicted molar refractivity (Wildman–Crippen MR) is 61.8 cm³/mol. The molecule has 0 aliphatic heterocycles. The van der Waals surface area contributed by atoms with E-state index in [2.05, 4.69) is 41.2 Å². The molecule has 0 bridgehead atoms. The van der Waals surface area contributed by atoms with E-state index >= 15 is 0 Å². The molecule has 0 heterocycles. The molecule has 0 amide bonds. The Labute approximate surface area is 84.4 Å². The van der Waals surface area contributed by atoms with Crippen LogP contribution in [0.5, 0.6) is 0 Å². The van der Waals surface area contributed by atoms with Crippen molar-refractivity contribution in [3.05, 3.63) is 12.2 Å². The van der Waals surface area contributed by atoms with Crippen LogP contribution in [-0.2, 0) is 0 Å². The van der Waals surface area contributed by atoms with Crippen LogP contribution in [0.15, 0.2) is 12.2 Å². The van der Waals surface area contributed by atoms with Gasteiger partial charge in [-0.1, -0.05) is 53.2 Å². The van der Waals surface area contributed by atoms with Crippen molar-refractivity contribution >= 4 is 0 Å². The van der Waals surface area contributed by atoms with Crippen LogP contribution in [0.2, 0.25) is 0 Å². The van der Waals surface area contributed by atoms with E-state index < -0.39 is 0 Å². The first-order chi connectivity index (χ1) is 6.08. The Hall–Kier alpha value is -0.260. The highest BCUT2D eigenvalue weighted by Gasteiger charge is 2.19. The molecule has 0 saturated heterocycles. The number of rotatable bonds is 6. The Morgan fingerprint density at radius 2 is 1.54 bits per heavy atom. The van der Waals surface area contributed by atoms with Crippen LogP contribution in [0.3, 0.4) is 0 Å². The minimum absolute atomic E-state index is 0.693. The third-order valence-electron chi connectivity index (χ3n) is 3.49.